The molecule has 0 aliphatic carbocycles. The van der Waals surface area contributed by atoms with Crippen LogP contribution >= 0.6 is 0 Å². The van der Waals surface area contributed by atoms with E-state index >= 15 is 0 Å². The highest BCUT2D eigenvalue weighted by atomic mass is 16.6. The van der Waals surface area contributed by atoms with Gasteiger partial charge in [-0.3, -0.25) is 0 Å². The number of nitrogens with zero attached hydrogens (tertiary/aromatic N) is 2. The predicted octanol–water partition coefficient (Wildman–Crippen LogP) is 0.860. The summed E-state index contributed by atoms with van der Waals surface area (Å²) in [5, 5.41) is 19.0. The minimum absolute atomic E-state index is 0.260. The third-order valence-electron chi connectivity index (χ3n) is 1.55. The number of hydrogen-bond donors (Lipinski definition) is 1. The lowest BCUT2D eigenvalue weighted by molar-refractivity contribution is -0.144. The van der Waals surface area contributed by atoms with Crippen LogP contribution in [0.5, 0.6) is 0 Å². The molecular weight excluding hydrogens is 238 g/mol. The Morgan fingerprint density at radius 1 is 1.28 bits per heavy atom. The third kappa shape index (κ3) is 7.07. The molecule has 1 N–H and O–H groups in total. The van der Waals surface area contributed by atoms with Crippen molar-refractivity contribution in [2.24, 2.45) is 0 Å². The number of rotatable bonds is 4. The molecule has 1 amide bonds. The second-order valence-electron chi connectivity index (χ2n) is 4.33. The van der Waals surface area contributed by atoms with Crippen molar-refractivity contribution in [1.29, 1.82) is 10.5 Å². The summed E-state index contributed by atoms with van der Waals surface area (Å²) in [7, 11) is 0. The summed E-state index contributed by atoms with van der Waals surface area (Å²) in [6.45, 7) is 4.57. The zero-order chi connectivity index (χ0) is 14.2. The summed E-state index contributed by atoms with van der Waals surface area (Å²) in [5.41, 5.74) is -0.710. The summed E-state index contributed by atoms with van der Waals surface area (Å²) >= 11 is 0. The Kier molecular flexibility index (Phi) is 6.22. The molecule has 0 radical (unpaired) electrons. The van der Waals surface area contributed by atoms with E-state index < -0.39 is 30.3 Å². The molecule has 98 valence electrons. The van der Waals surface area contributed by atoms with Gasteiger partial charge in [0.05, 0.1) is 12.5 Å². The van der Waals surface area contributed by atoms with Crippen molar-refractivity contribution < 1.29 is 19.1 Å². The van der Waals surface area contributed by atoms with Gasteiger partial charge >= 0.3 is 12.1 Å². The fourth-order valence-electron chi connectivity index (χ4n) is 0.938. The predicted molar refractivity (Wildman–Crippen MR) is 60.0 cm³/mol. The first-order valence-electron chi connectivity index (χ1n) is 5.20. The topological polar surface area (TPSA) is 112 Å². The van der Waals surface area contributed by atoms with Crippen LogP contribution in [0.4, 0.5) is 4.79 Å². The van der Waals surface area contributed by atoms with Crippen LogP contribution in [0.3, 0.4) is 0 Å². The number of carbonyl (C=O) groups is 2. The molecule has 7 heteroatoms. The van der Waals surface area contributed by atoms with Gasteiger partial charge in [-0.15, -0.1) is 0 Å². The van der Waals surface area contributed by atoms with E-state index in [1.165, 1.54) is 0 Å². The maximum absolute atomic E-state index is 11.4. The first-order chi connectivity index (χ1) is 8.30. The first-order valence-corrected chi connectivity index (χ1v) is 5.20. The van der Waals surface area contributed by atoms with E-state index in [1.807, 2.05) is 0 Å². The van der Waals surface area contributed by atoms with Gasteiger partial charge in [0.1, 0.15) is 17.7 Å². The van der Waals surface area contributed by atoms with Crippen molar-refractivity contribution in [3.8, 4) is 12.1 Å². The number of alkyl carbamates (subject to hydrolysis) is 1. The lowest BCUT2D eigenvalue weighted by atomic mass is 10.2. The highest BCUT2D eigenvalue weighted by Gasteiger charge is 2.25. The first kappa shape index (κ1) is 15.7. The molecule has 0 saturated heterocycles. The van der Waals surface area contributed by atoms with Crippen LogP contribution < -0.4 is 5.32 Å². The fourth-order valence-corrected chi connectivity index (χ4v) is 0.938. The van der Waals surface area contributed by atoms with E-state index in [2.05, 4.69) is 10.1 Å². The molecule has 0 aliphatic rings. The van der Waals surface area contributed by atoms with Crippen molar-refractivity contribution in [2.75, 3.05) is 6.61 Å². The molecule has 0 bridgehead atoms. The van der Waals surface area contributed by atoms with Gasteiger partial charge in [0.25, 0.3) is 0 Å². The van der Waals surface area contributed by atoms with Gasteiger partial charge in [-0.05, 0) is 20.8 Å². The number of ether oxygens (including phenoxy) is 2. The van der Waals surface area contributed by atoms with E-state index in [4.69, 9.17) is 15.3 Å². The van der Waals surface area contributed by atoms with Crippen LogP contribution in [0.2, 0.25) is 0 Å². The Labute approximate surface area is 105 Å². The standard InChI is InChI=1S/C11H15N3O4/c1-11(2,3)18-10(16)14-8(4-5-12)9(15)17-7-6-13/h8H,4,7H2,1-3H3,(H,14,16). The average molecular weight is 253 g/mol. The van der Waals surface area contributed by atoms with Crippen molar-refractivity contribution in [2.45, 2.75) is 38.8 Å². The monoisotopic (exact) mass is 253 g/mol. The van der Waals surface area contributed by atoms with Gasteiger partial charge in [-0.2, -0.15) is 10.5 Å². The molecule has 0 spiro atoms. The van der Waals surface area contributed by atoms with Gasteiger partial charge < -0.3 is 14.8 Å². The summed E-state index contributed by atoms with van der Waals surface area (Å²) in [4.78, 5) is 22.8. The molecule has 7 nitrogen and oxygen atoms in total. The zero-order valence-corrected chi connectivity index (χ0v) is 10.5. The second kappa shape index (κ2) is 7.13. The van der Waals surface area contributed by atoms with Crippen molar-refractivity contribution in [3.63, 3.8) is 0 Å². The second-order valence-corrected chi connectivity index (χ2v) is 4.33. The third-order valence-corrected chi connectivity index (χ3v) is 1.55. The Morgan fingerprint density at radius 2 is 1.89 bits per heavy atom. The highest BCUT2D eigenvalue weighted by molar-refractivity contribution is 5.81. The van der Waals surface area contributed by atoms with Crippen molar-refractivity contribution in [3.05, 3.63) is 0 Å². The Balaban J connectivity index is 4.45. The smallest absolute Gasteiger partial charge is 0.408 e. The number of nitrogens with one attached hydrogen (secondary N) is 1. The van der Waals surface area contributed by atoms with Crippen LogP contribution in [-0.4, -0.2) is 30.3 Å². The molecule has 18 heavy (non-hydrogen) atoms. The number of carbonyl (C=O) groups excluding carboxylic acids is 2. The van der Waals surface area contributed by atoms with E-state index in [0.29, 0.717) is 0 Å². The van der Waals surface area contributed by atoms with E-state index in [0.717, 1.165) is 0 Å². The van der Waals surface area contributed by atoms with Crippen LogP contribution in [0.15, 0.2) is 0 Å². The summed E-state index contributed by atoms with van der Waals surface area (Å²) in [6.07, 6.45) is -1.08. The lowest BCUT2D eigenvalue weighted by Gasteiger charge is -2.21. The summed E-state index contributed by atoms with van der Waals surface area (Å²) in [6, 6.07) is 2.22. The lowest BCUT2D eigenvalue weighted by Crippen LogP contribution is -2.44. The summed E-state index contributed by atoms with van der Waals surface area (Å²) < 4.78 is 9.45. The Morgan fingerprint density at radius 3 is 2.33 bits per heavy atom. The summed E-state index contributed by atoms with van der Waals surface area (Å²) in [5.74, 6) is -0.844. The molecular formula is C11H15N3O4. The zero-order valence-electron chi connectivity index (χ0n) is 10.5. The van der Waals surface area contributed by atoms with Crippen LogP contribution in [0, 0.1) is 22.7 Å². The number of esters is 1. The largest absolute Gasteiger partial charge is 0.449 e. The van der Waals surface area contributed by atoms with Gasteiger partial charge in [-0.1, -0.05) is 0 Å². The molecule has 1 atom stereocenters. The minimum atomic E-state index is -1.14. The molecule has 0 aliphatic heterocycles. The maximum atomic E-state index is 11.4. The normalized spacial score (nSPS) is 11.6. The average Bonchev–Trinajstić information content (AvgIpc) is 2.22. The highest BCUT2D eigenvalue weighted by Crippen LogP contribution is 2.07. The molecule has 0 rings (SSSR count). The molecule has 0 aromatic carbocycles. The molecule has 0 heterocycles. The van der Waals surface area contributed by atoms with Gasteiger partial charge in [-0.25, -0.2) is 9.59 Å². The molecule has 1 unspecified atom stereocenters. The quantitative estimate of drug-likeness (QED) is 0.743. The molecule has 0 fully saturated rings. The van der Waals surface area contributed by atoms with Crippen molar-refractivity contribution >= 4 is 12.1 Å². The van der Waals surface area contributed by atoms with Crippen molar-refractivity contribution in [1.82, 2.24) is 5.32 Å². The van der Waals surface area contributed by atoms with Crippen LogP contribution in [0.25, 0.3) is 0 Å². The van der Waals surface area contributed by atoms with Crippen LogP contribution in [-0.2, 0) is 14.3 Å². The van der Waals surface area contributed by atoms with E-state index in [-0.39, 0.29) is 6.42 Å². The molecule has 0 saturated carbocycles. The maximum Gasteiger partial charge on any atom is 0.408 e. The Hall–Kier alpha value is -2.28. The SMILES string of the molecule is CC(C)(C)OC(=O)NC(CC#N)C(=O)OCC#N. The van der Waals surface area contributed by atoms with Gasteiger partial charge in [0.15, 0.2) is 6.61 Å². The number of hydrogen-bond acceptors (Lipinski definition) is 6. The Bertz CT molecular complexity index is 387. The number of amides is 1. The molecule has 0 aromatic heterocycles. The van der Waals surface area contributed by atoms with E-state index in [1.54, 1.807) is 32.9 Å². The van der Waals surface area contributed by atoms with Crippen LogP contribution in [0.1, 0.15) is 27.2 Å². The number of nitriles is 2. The molecule has 0 aromatic rings. The van der Waals surface area contributed by atoms with Gasteiger partial charge in [0, 0.05) is 0 Å². The van der Waals surface area contributed by atoms with E-state index in [9.17, 15) is 9.59 Å². The van der Waals surface area contributed by atoms with Gasteiger partial charge in [0.2, 0.25) is 0 Å². The fraction of sp³-hybridized carbons (Fsp3) is 0.636. The minimum Gasteiger partial charge on any atom is -0.449 e.